The van der Waals surface area contributed by atoms with Crippen molar-refractivity contribution >= 4 is 10.0 Å². The van der Waals surface area contributed by atoms with Crippen molar-refractivity contribution in [3.05, 3.63) is 58.4 Å². The highest BCUT2D eigenvalue weighted by Crippen LogP contribution is 2.29. The van der Waals surface area contributed by atoms with Crippen molar-refractivity contribution in [3.63, 3.8) is 0 Å². The van der Waals surface area contributed by atoms with Gasteiger partial charge in [0.15, 0.2) is 6.79 Å². The lowest BCUT2D eigenvalue weighted by molar-refractivity contribution is -0.917. The standard InChI is InChI=1S/C21H25FN2O4S/c1-15-3-4-20(9-16(15)2)29(25,26)24-7-5-23(6-8-24)12-17-10-19(22)11-18-13-27-14-28-21(17)18/h3-4,9-11H,5-8,12-14H2,1-2H3/p+1. The molecule has 0 atom stereocenters. The molecule has 6 nitrogen and oxygen atoms in total. The molecule has 2 heterocycles. The molecule has 0 aliphatic carbocycles. The second-order valence-corrected chi connectivity index (χ2v) is 9.68. The average molecular weight is 422 g/mol. The van der Waals surface area contributed by atoms with Gasteiger partial charge in [-0.15, -0.1) is 0 Å². The van der Waals surface area contributed by atoms with Gasteiger partial charge in [-0.2, -0.15) is 4.31 Å². The van der Waals surface area contributed by atoms with Gasteiger partial charge in [-0.3, -0.25) is 0 Å². The van der Waals surface area contributed by atoms with Crippen molar-refractivity contribution < 1.29 is 27.2 Å². The van der Waals surface area contributed by atoms with Crippen molar-refractivity contribution in [2.75, 3.05) is 33.0 Å². The Hall–Kier alpha value is -2.00. The summed E-state index contributed by atoms with van der Waals surface area (Å²) in [5.41, 5.74) is 3.57. The van der Waals surface area contributed by atoms with Crippen LogP contribution in [-0.2, 0) is 27.9 Å². The van der Waals surface area contributed by atoms with Gasteiger partial charge in [-0.05, 0) is 49.2 Å². The first-order chi connectivity index (χ1) is 13.8. The van der Waals surface area contributed by atoms with E-state index in [0.717, 1.165) is 22.3 Å². The van der Waals surface area contributed by atoms with Crippen LogP contribution in [0.25, 0.3) is 0 Å². The number of aryl methyl sites for hydroxylation is 2. The van der Waals surface area contributed by atoms with Crippen molar-refractivity contribution in [1.29, 1.82) is 0 Å². The fourth-order valence-corrected chi connectivity index (χ4v) is 5.43. The van der Waals surface area contributed by atoms with Gasteiger partial charge >= 0.3 is 0 Å². The summed E-state index contributed by atoms with van der Waals surface area (Å²) in [5, 5.41) is 0. The lowest BCUT2D eigenvalue weighted by atomic mass is 10.1. The quantitative estimate of drug-likeness (QED) is 0.811. The Bertz CT molecular complexity index is 1020. The van der Waals surface area contributed by atoms with Gasteiger partial charge in [-0.25, -0.2) is 12.8 Å². The van der Waals surface area contributed by atoms with E-state index in [0.29, 0.717) is 50.0 Å². The summed E-state index contributed by atoms with van der Waals surface area (Å²) in [6.45, 7) is 7.19. The van der Waals surface area contributed by atoms with E-state index < -0.39 is 10.0 Å². The van der Waals surface area contributed by atoms with Crippen molar-refractivity contribution in [2.45, 2.75) is 31.9 Å². The van der Waals surface area contributed by atoms with Crippen LogP contribution in [0.1, 0.15) is 22.3 Å². The molecule has 29 heavy (non-hydrogen) atoms. The molecule has 0 radical (unpaired) electrons. The van der Waals surface area contributed by atoms with E-state index in [1.807, 2.05) is 19.9 Å². The molecule has 2 aliphatic rings. The fraction of sp³-hybridized carbons (Fsp3) is 0.429. The van der Waals surface area contributed by atoms with Crippen LogP contribution < -0.4 is 9.64 Å². The van der Waals surface area contributed by atoms with E-state index in [-0.39, 0.29) is 12.6 Å². The molecule has 4 rings (SSSR count). The number of hydrogen-bond acceptors (Lipinski definition) is 4. The second-order valence-electron chi connectivity index (χ2n) is 7.74. The van der Waals surface area contributed by atoms with Crippen LogP contribution in [-0.4, -0.2) is 45.7 Å². The first-order valence-corrected chi connectivity index (χ1v) is 11.2. The van der Waals surface area contributed by atoms with Crippen LogP contribution in [0.3, 0.4) is 0 Å². The molecule has 2 aromatic carbocycles. The molecule has 156 valence electrons. The number of benzene rings is 2. The van der Waals surface area contributed by atoms with Gasteiger partial charge in [0.05, 0.1) is 43.2 Å². The third-order valence-electron chi connectivity index (χ3n) is 5.74. The lowest BCUT2D eigenvalue weighted by Gasteiger charge is -2.32. The van der Waals surface area contributed by atoms with Crippen LogP contribution in [0, 0.1) is 19.7 Å². The molecule has 0 aromatic heterocycles. The molecule has 1 fully saturated rings. The van der Waals surface area contributed by atoms with Crippen LogP contribution in [0.2, 0.25) is 0 Å². The first-order valence-electron chi connectivity index (χ1n) is 9.77. The number of nitrogens with zero attached hydrogens (tertiary/aromatic N) is 1. The number of halogens is 1. The molecule has 0 saturated carbocycles. The topological polar surface area (TPSA) is 60.3 Å². The maximum atomic E-state index is 14.0. The lowest BCUT2D eigenvalue weighted by Crippen LogP contribution is -3.13. The predicted molar refractivity (Wildman–Crippen MR) is 106 cm³/mol. The summed E-state index contributed by atoms with van der Waals surface area (Å²) in [4.78, 5) is 1.55. The van der Waals surface area contributed by atoms with Crippen molar-refractivity contribution in [2.24, 2.45) is 0 Å². The highest BCUT2D eigenvalue weighted by molar-refractivity contribution is 7.89. The number of quaternary nitrogens is 1. The number of fused-ring (bicyclic) bond motifs is 1. The van der Waals surface area contributed by atoms with E-state index in [4.69, 9.17) is 9.47 Å². The third kappa shape index (κ3) is 4.16. The van der Waals surface area contributed by atoms with E-state index >= 15 is 0 Å². The molecule has 0 bridgehead atoms. The normalized spacial score (nSPS) is 18.3. The summed E-state index contributed by atoms with van der Waals surface area (Å²) >= 11 is 0. The zero-order chi connectivity index (χ0) is 20.6. The summed E-state index contributed by atoms with van der Waals surface area (Å²) < 4.78 is 52.3. The molecule has 1 N–H and O–H groups in total. The fourth-order valence-electron chi connectivity index (χ4n) is 3.90. The summed E-state index contributed by atoms with van der Waals surface area (Å²) in [7, 11) is -3.50. The maximum absolute atomic E-state index is 14.0. The van der Waals surface area contributed by atoms with E-state index in [2.05, 4.69) is 0 Å². The van der Waals surface area contributed by atoms with Gasteiger partial charge in [0.25, 0.3) is 0 Å². The molecule has 2 aliphatic heterocycles. The zero-order valence-electron chi connectivity index (χ0n) is 16.7. The predicted octanol–water partition coefficient (Wildman–Crippen LogP) is 1.40. The monoisotopic (exact) mass is 421 g/mol. The number of sulfonamides is 1. The third-order valence-corrected chi connectivity index (χ3v) is 7.63. The Labute approximate surface area is 170 Å². The smallest absolute Gasteiger partial charge is 0.243 e. The molecular weight excluding hydrogens is 395 g/mol. The van der Waals surface area contributed by atoms with E-state index in [9.17, 15) is 12.8 Å². The minimum Gasteiger partial charge on any atom is -0.467 e. The minimum atomic E-state index is -3.50. The number of rotatable bonds is 4. The van der Waals surface area contributed by atoms with Crippen molar-refractivity contribution in [3.8, 4) is 5.75 Å². The Morgan fingerprint density at radius 1 is 1.10 bits per heavy atom. The molecule has 2 aromatic rings. The first kappa shape index (κ1) is 20.3. The largest absolute Gasteiger partial charge is 0.467 e. The highest BCUT2D eigenvalue weighted by atomic mass is 32.2. The summed E-state index contributed by atoms with van der Waals surface area (Å²) in [6.07, 6.45) is 0. The van der Waals surface area contributed by atoms with Crippen LogP contribution in [0.15, 0.2) is 35.2 Å². The zero-order valence-corrected chi connectivity index (χ0v) is 17.5. The van der Waals surface area contributed by atoms with Crippen LogP contribution in [0.4, 0.5) is 4.39 Å². The Kier molecular flexibility index (Phi) is 5.61. The number of ether oxygens (including phenoxy) is 2. The number of hydrogen-bond donors (Lipinski definition) is 1. The van der Waals surface area contributed by atoms with E-state index in [1.165, 1.54) is 17.0 Å². The average Bonchev–Trinajstić information content (AvgIpc) is 2.70. The highest BCUT2D eigenvalue weighted by Gasteiger charge is 2.31. The minimum absolute atomic E-state index is 0.170. The summed E-state index contributed by atoms with van der Waals surface area (Å²) in [6, 6.07) is 8.22. The van der Waals surface area contributed by atoms with Crippen molar-refractivity contribution in [1.82, 2.24) is 4.31 Å². The van der Waals surface area contributed by atoms with Gasteiger partial charge < -0.3 is 14.4 Å². The Morgan fingerprint density at radius 2 is 1.86 bits per heavy atom. The SMILES string of the molecule is Cc1ccc(S(=O)(=O)N2CC[NH+](Cc3cc(F)cc4c3OCOC4)CC2)cc1C. The molecule has 0 unspecified atom stereocenters. The maximum Gasteiger partial charge on any atom is 0.243 e. The van der Waals surface area contributed by atoms with Gasteiger partial charge in [0, 0.05) is 5.56 Å². The molecule has 0 amide bonds. The van der Waals surface area contributed by atoms with Crippen LogP contribution >= 0.6 is 0 Å². The molecular formula is C21H26FN2O4S+. The second kappa shape index (κ2) is 8.02. The number of piperazine rings is 1. The van der Waals surface area contributed by atoms with Gasteiger partial charge in [0.1, 0.15) is 18.1 Å². The number of nitrogens with one attached hydrogen (secondary N) is 1. The molecule has 1 saturated heterocycles. The summed E-state index contributed by atoms with van der Waals surface area (Å²) in [5.74, 6) is 0.401. The molecule has 8 heteroatoms. The Morgan fingerprint density at radius 3 is 2.59 bits per heavy atom. The van der Waals surface area contributed by atoms with E-state index in [1.54, 1.807) is 16.4 Å². The van der Waals surface area contributed by atoms with Gasteiger partial charge in [-0.1, -0.05) is 6.07 Å². The molecule has 0 spiro atoms. The Balaban J connectivity index is 1.45. The van der Waals surface area contributed by atoms with Crippen LogP contribution in [0.5, 0.6) is 5.75 Å². The van der Waals surface area contributed by atoms with Gasteiger partial charge in [0.2, 0.25) is 10.0 Å².